The van der Waals surface area contributed by atoms with Crippen LogP contribution in [-0.2, 0) is 27.4 Å². The van der Waals surface area contributed by atoms with E-state index in [2.05, 4.69) is 22.0 Å². The van der Waals surface area contributed by atoms with Crippen molar-refractivity contribution in [2.45, 2.75) is 60.2 Å². The lowest BCUT2D eigenvalue weighted by molar-refractivity contribution is -0.135. The molecule has 4 amide bonds. The number of amides is 4. The van der Waals surface area contributed by atoms with Gasteiger partial charge in [0.15, 0.2) is 5.37 Å². The highest BCUT2D eigenvalue weighted by Crippen LogP contribution is 2.35. The van der Waals surface area contributed by atoms with E-state index in [0.29, 0.717) is 45.1 Å². The number of hydrogen-bond acceptors (Lipinski definition) is 9. The summed E-state index contributed by atoms with van der Waals surface area (Å²) >= 11 is 2.97. The largest absolute Gasteiger partial charge is 0.394 e. The third kappa shape index (κ3) is 9.99. The predicted octanol–water partition coefficient (Wildman–Crippen LogP) is 4.13. The number of ether oxygens (including phenoxy) is 1. The molecule has 5 rings (SSSR count). The van der Waals surface area contributed by atoms with E-state index < -0.39 is 17.0 Å². The van der Waals surface area contributed by atoms with Crippen LogP contribution in [-0.4, -0.2) is 101 Å². The summed E-state index contributed by atoms with van der Waals surface area (Å²) in [6, 6.07) is 21.6. The highest BCUT2D eigenvalue weighted by atomic mass is 32.2. The van der Waals surface area contributed by atoms with E-state index in [-0.39, 0.29) is 37.4 Å². The Bertz CT molecular complexity index is 1620. The maximum atomic E-state index is 14.1. The molecule has 2 aliphatic rings. The van der Waals surface area contributed by atoms with Gasteiger partial charge in [-0.25, -0.2) is 4.79 Å². The van der Waals surface area contributed by atoms with Gasteiger partial charge >= 0.3 is 6.03 Å². The fourth-order valence-electron chi connectivity index (χ4n) is 5.69. The lowest BCUT2D eigenvalue weighted by Gasteiger charge is -2.29. The van der Waals surface area contributed by atoms with Gasteiger partial charge in [0.05, 0.1) is 31.6 Å². The summed E-state index contributed by atoms with van der Waals surface area (Å²) in [6.07, 6.45) is 1.15. The van der Waals surface area contributed by atoms with E-state index in [1.807, 2.05) is 80.8 Å². The molecule has 5 N–H and O–H groups in total. The number of thioether (sulfide) groups is 2. The van der Waals surface area contributed by atoms with E-state index in [9.17, 15) is 19.5 Å². The van der Waals surface area contributed by atoms with Crippen molar-refractivity contribution in [1.82, 2.24) is 20.4 Å². The van der Waals surface area contributed by atoms with Gasteiger partial charge in [-0.15, -0.1) is 11.8 Å². The van der Waals surface area contributed by atoms with E-state index >= 15 is 0 Å². The quantitative estimate of drug-likeness (QED) is 0.176. The van der Waals surface area contributed by atoms with Crippen LogP contribution in [0.5, 0.6) is 0 Å². The van der Waals surface area contributed by atoms with Crippen LogP contribution in [0.2, 0.25) is 0 Å². The van der Waals surface area contributed by atoms with Crippen LogP contribution < -0.4 is 16.0 Å². The molecule has 13 heteroatoms. The number of β-amino-alcohol motifs (C(OH)–C–C–N with tert-alkyl or cyclic N) is 1. The smallest absolute Gasteiger partial charge is 0.322 e. The van der Waals surface area contributed by atoms with Crippen molar-refractivity contribution < 1.29 is 29.3 Å². The molecule has 2 atom stereocenters. The van der Waals surface area contributed by atoms with Crippen LogP contribution in [0.4, 0.5) is 10.5 Å². The van der Waals surface area contributed by atoms with Gasteiger partial charge in [0.25, 0.3) is 5.91 Å². The fourth-order valence-corrected chi connectivity index (χ4v) is 7.38. The van der Waals surface area contributed by atoms with Crippen molar-refractivity contribution in [3.8, 4) is 11.1 Å². The zero-order valence-corrected chi connectivity index (χ0v) is 29.7. The first kappa shape index (κ1) is 36.7. The number of nitrogens with one attached hydrogen (secondary N) is 3. The van der Waals surface area contributed by atoms with Gasteiger partial charge in [0.2, 0.25) is 5.91 Å². The normalized spacial score (nSPS) is 17.2. The monoisotopic (exact) mass is 707 g/mol. The Morgan fingerprint density at radius 1 is 1.08 bits per heavy atom. The molecule has 1 saturated heterocycles. The second kappa shape index (κ2) is 16.9. The molecule has 3 aromatic carbocycles. The van der Waals surface area contributed by atoms with Crippen molar-refractivity contribution in [1.29, 1.82) is 0 Å². The Balaban J connectivity index is 1.31. The number of rotatable bonds is 12. The average molecular weight is 708 g/mol. The van der Waals surface area contributed by atoms with Gasteiger partial charge in [-0.3, -0.25) is 9.59 Å². The Kier molecular flexibility index (Phi) is 12.6. The Labute approximate surface area is 296 Å². The molecule has 1 fully saturated rings. The standard InChI is InChI=1S/C36H45N5O6S2/c1-36(2,37-20-27(43)23-42)19-32(44)39-33-34(45)41(22-26-12-13-28(48-3)18-31(26)49-33)21-24-8-10-25(11-9-24)29-6-4-5-7-30(29)38-35(46)40-14-16-47-17-15-40/h4-13,18,27,33,37,42-43H,14-17,19-23H2,1-3H3,(H,38,46)(H,39,44)/t27-,33+/m0/s1. The third-order valence-electron chi connectivity index (χ3n) is 8.44. The minimum atomic E-state index is -0.929. The van der Waals surface area contributed by atoms with E-state index in [4.69, 9.17) is 9.84 Å². The summed E-state index contributed by atoms with van der Waals surface area (Å²) in [5.41, 5.74) is 3.81. The molecule has 0 saturated carbocycles. The first-order valence-corrected chi connectivity index (χ1v) is 18.4. The first-order chi connectivity index (χ1) is 23.5. The van der Waals surface area contributed by atoms with Crippen LogP contribution in [0.1, 0.15) is 31.4 Å². The van der Waals surface area contributed by atoms with Crippen LogP contribution in [0.15, 0.2) is 76.5 Å². The molecule has 3 aromatic rings. The summed E-state index contributed by atoms with van der Waals surface area (Å²) in [4.78, 5) is 45.8. The predicted molar refractivity (Wildman–Crippen MR) is 193 cm³/mol. The molecular formula is C36H45N5O6S2. The number of fused-ring (bicyclic) bond motifs is 1. The second-order valence-corrected chi connectivity index (χ2v) is 14.8. The number of aliphatic hydroxyl groups excluding tert-OH is 2. The van der Waals surface area contributed by atoms with Crippen molar-refractivity contribution in [3.63, 3.8) is 0 Å². The van der Waals surface area contributed by atoms with Gasteiger partial charge in [-0.2, -0.15) is 0 Å². The summed E-state index contributed by atoms with van der Waals surface area (Å²) in [5, 5.41) is 27.2. The number of carbonyl (C=O) groups excluding carboxylic acids is 3. The molecule has 0 spiro atoms. The van der Waals surface area contributed by atoms with Crippen LogP contribution in [0.3, 0.4) is 0 Å². The Morgan fingerprint density at radius 2 is 1.82 bits per heavy atom. The summed E-state index contributed by atoms with van der Waals surface area (Å²) < 4.78 is 5.37. The lowest BCUT2D eigenvalue weighted by atomic mass is 10.00. The molecule has 2 aliphatic heterocycles. The number of morpholine rings is 1. The number of para-hydroxylation sites is 1. The van der Waals surface area contributed by atoms with E-state index in [0.717, 1.165) is 32.0 Å². The molecule has 0 aliphatic carbocycles. The number of carbonyl (C=O) groups is 3. The molecule has 2 heterocycles. The van der Waals surface area contributed by atoms with Crippen LogP contribution >= 0.6 is 23.5 Å². The van der Waals surface area contributed by atoms with Gasteiger partial charge < -0.3 is 40.7 Å². The van der Waals surface area contributed by atoms with Gasteiger partial charge in [-0.05, 0) is 55.0 Å². The van der Waals surface area contributed by atoms with Crippen LogP contribution in [0.25, 0.3) is 11.1 Å². The molecule has 49 heavy (non-hydrogen) atoms. The first-order valence-electron chi connectivity index (χ1n) is 16.3. The molecule has 0 unspecified atom stereocenters. The van der Waals surface area contributed by atoms with Crippen LogP contribution in [0, 0.1) is 0 Å². The SMILES string of the molecule is CSc1ccc2c(c1)S[C@@H](NC(=O)CC(C)(C)NC[C@H](O)CO)C(=O)N(Cc1ccc(-c3ccccc3NC(=O)N3CCOCC3)cc1)C2. The molecular weight excluding hydrogens is 663 g/mol. The van der Waals surface area contributed by atoms with Gasteiger partial charge in [0, 0.05) is 60.0 Å². The fraction of sp³-hybridized carbons (Fsp3) is 0.417. The van der Waals surface area contributed by atoms with Crippen molar-refractivity contribution in [3.05, 3.63) is 77.9 Å². The minimum absolute atomic E-state index is 0.0725. The Hall–Kier alpha value is -3.59. The number of benzene rings is 3. The molecule has 0 radical (unpaired) electrons. The topological polar surface area (TPSA) is 143 Å². The maximum absolute atomic E-state index is 14.1. The van der Waals surface area contributed by atoms with Crippen molar-refractivity contribution in [2.75, 3.05) is 51.0 Å². The van der Waals surface area contributed by atoms with Gasteiger partial charge in [-0.1, -0.05) is 60.3 Å². The number of aliphatic hydroxyl groups is 2. The number of nitrogens with zero attached hydrogens (tertiary/aromatic N) is 2. The van der Waals surface area contributed by atoms with E-state index in [1.165, 1.54) is 11.8 Å². The molecule has 0 bridgehead atoms. The van der Waals surface area contributed by atoms with Gasteiger partial charge in [0.1, 0.15) is 0 Å². The molecule has 11 nitrogen and oxygen atoms in total. The molecule has 0 aromatic heterocycles. The second-order valence-electron chi connectivity index (χ2n) is 12.8. The highest BCUT2D eigenvalue weighted by molar-refractivity contribution is 8.01. The average Bonchev–Trinajstić information content (AvgIpc) is 3.22. The number of hydrogen-bond donors (Lipinski definition) is 5. The molecule has 262 valence electrons. The lowest BCUT2D eigenvalue weighted by Crippen LogP contribution is -2.50. The summed E-state index contributed by atoms with van der Waals surface area (Å²) in [6.45, 7) is 6.34. The van der Waals surface area contributed by atoms with Crippen molar-refractivity contribution >= 4 is 47.1 Å². The van der Waals surface area contributed by atoms with E-state index in [1.54, 1.807) is 21.6 Å². The summed E-state index contributed by atoms with van der Waals surface area (Å²) in [5.74, 6) is -0.489. The Morgan fingerprint density at radius 3 is 2.53 bits per heavy atom. The third-order valence-corrected chi connectivity index (χ3v) is 10.4. The maximum Gasteiger partial charge on any atom is 0.322 e. The van der Waals surface area contributed by atoms with Crippen molar-refractivity contribution in [2.24, 2.45) is 0 Å². The number of anilines is 1. The highest BCUT2D eigenvalue weighted by Gasteiger charge is 2.33. The zero-order valence-electron chi connectivity index (χ0n) is 28.1. The summed E-state index contributed by atoms with van der Waals surface area (Å²) in [7, 11) is 0. The number of urea groups is 1. The zero-order chi connectivity index (χ0) is 35.0. The minimum Gasteiger partial charge on any atom is -0.394 e.